The highest BCUT2D eigenvalue weighted by atomic mass is 16.3. The maximum atomic E-state index is 11.5. The highest BCUT2D eigenvalue weighted by Gasteiger charge is 2.31. The molecule has 1 aliphatic carbocycles. The van der Waals surface area contributed by atoms with Crippen molar-refractivity contribution in [2.24, 2.45) is 5.92 Å². The molecule has 5 heteroatoms. The molecule has 1 atom stereocenters. The van der Waals surface area contributed by atoms with E-state index >= 15 is 0 Å². The fourth-order valence-corrected chi connectivity index (χ4v) is 1.90. The van der Waals surface area contributed by atoms with Crippen molar-refractivity contribution >= 4 is 5.91 Å². The smallest absolute Gasteiger partial charge is 0.239 e. The molecule has 1 aromatic heterocycles. The van der Waals surface area contributed by atoms with Gasteiger partial charge in [-0.05, 0) is 30.4 Å². The van der Waals surface area contributed by atoms with Crippen LogP contribution in [0.2, 0.25) is 0 Å². The first-order valence-electron chi connectivity index (χ1n) is 6.18. The number of hydrogen-bond acceptors (Lipinski definition) is 3. The van der Waals surface area contributed by atoms with Crippen LogP contribution in [0.25, 0.3) is 0 Å². The van der Waals surface area contributed by atoms with Gasteiger partial charge in [0, 0.05) is 18.9 Å². The van der Waals surface area contributed by atoms with Crippen molar-refractivity contribution in [2.45, 2.75) is 31.9 Å². The first-order valence-corrected chi connectivity index (χ1v) is 6.18. The van der Waals surface area contributed by atoms with Crippen molar-refractivity contribution in [1.29, 1.82) is 5.26 Å². The average molecular weight is 247 g/mol. The van der Waals surface area contributed by atoms with Crippen LogP contribution in [0.4, 0.5) is 0 Å². The second-order valence-electron chi connectivity index (χ2n) is 4.66. The number of nitrogens with zero attached hydrogens (tertiary/aromatic N) is 2. The number of amides is 1. The Hall–Kier alpha value is -1.80. The van der Waals surface area contributed by atoms with Crippen LogP contribution in [-0.4, -0.2) is 22.1 Å². The molecule has 1 fully saturated rings. The fourth-order valence-electron chi connectivity index (χ4n) is 1.90. The summed E-state index contributed by atoms with van der Waals surface area (Å²) in [5.41, 5.74) is 0.877. The van der Waals surface area contributed by atoms with Gasteiger partial charge in [0.1, 0.15) is 6.54 Å². The molecule has 1 saturated carbocycles. The molecular formula is C13H17N3O2. The van der Waals surface area contributed by atoms with E-state index in [0.717, 1.165) is 18.4 Å². The van der Waals surface area contributed by atoms with Gasteiger partial charge in [0.25, 0.3) is 0 Å². The molecule has 0 bridgehead atoms. The summed E-state index contributed by atoms with van der Waals surface area (Å²) in [4.78, 5) is 11.5. The predicted molar refractivity (Wildman–Crippen MR) is 65.4 cm³/mol. The van der Waals surface area contributed by atoms with E-state index in [2.05, 4.69) is 5.32 Å². The SMILES string of the molecule is N#CCCNC(=O)Cn1ccc(C(O)C2CC2)c1. The third kappa shape index (κ3) is 3.34. The summed E-state index contributed by atoms with van der Waals surface area (Å²) in [5.74, 6) is 0.276. The lowest BCUT2D eigenvalue weighted by molar-refractivity contribution is -0.121. The minimum atomic E-state index is -0.395. The molecule has 1 heterocycles. The number of carbonyl (C=O) groups is 1. The number of aromatic nitrogens is 1. The van der Waals surface area contributed by atoms with Crippen LogP contribution < -0.4 is 5.32 Å². The molecule has 5 nitrogen and oxygen atoms in total. The largest absolute Gasteiger partial charge is 0.388 e. The van der Waals surface area contributed by atoms with E-state index in [0.29, 0.717) is 18.9 Å². The summed E-state index contributed by atoms with van der Waals surface area (Å²) >= 11 is 0. The van der Waals surface area contributed by atoms with Gasteiger partial charge in [-0.15, -0.1) is 0 Å². The van der Waals surface area contributed by atoms with Crippen molar-refractivity contribution in [1.82, 2.24) is 9.88 Å². The molecule has 1 unspecified atom stereocenters. The molecule has 0 aliphatic heterocycles. The standard InChI is InChI=1S/C13H17N3O2/c14-5-1-6-15-12(17)9-16-7-4-11(8-16)13(18)10-2-3-10/h4,7-8,10,13,18H,1-3,6,9H2,(H,15,17). The van der Waals surface area contributed by atoms with E-state index in [1.54, 1.807) is 10.8 Å². The molecule has 0 aromatic carbocycles. The van der Waals surface area contributed by atoms with Gasteiger partial charge in [-0.3, -0.25) is 4.79 Å². The van der Waals surface area contributed by atoms with E-state index < -0.39 is 6.10 Å². The quantitative estimate of drug-likeness (QED) is 0.735. The van der Waals surface area contributed by atoms with Crippen molar-refractivity contribution in [3.05, 3.63) is 24.0 Å². The molecule has 2 N–H and O–H groups in total. The van der Waals surface area contributed by atoms with Crippen LogP contribution in [0.1, 0.15) is 30.9 Å². The van der Waals surface area contributed by atoms with Gasteiger partial charge in [-0.1, -0.05) is 0 Å². The average Bonchev–Trinajstić information content (AvgIpc) is 3.10. The topological polar surface area (TPSA) is 78.0 Å². The Bertz CT molecular complexity index is 457. The van der Waals surface area contributed by atoms with E-state index in [-0.39, 0.29) is 12.5 Å². The monoisotopic (exact) mass is 247 g/mol. The van der Waals surface area contributed by atoms with Gasteiger partial charge >= 0.3 is 0 Å². The summed E-state index contributed by atoms with van der Waals surface area (Å²) in [7, 11) is 0. The minimum absolute atomic E-state index is 0.117. The second-order valence-corrected chi connectivity index (χ2v) is 4.66. The first kappa shape index (κ1) is 12.7. The molecule has 96 valence electrons. The zero-order valence-corrected chi connectivity index (χ0v) is 10.2. The first-order chi connectivity index (χ1) is 8.70. The van der Waals surface area contributed by atoms with E-state index in [4.69, 9.17) is 5.26 Å². The van der Waals surface area contributed by atoms with Crippen LogP contribution in [0, 0.1) is 17.2 Å². The lowest BCUT2D eigenvalue weighted by atomic mass is 10.1. The summed E-state index contributed by atoms with van der Waals surface area (Å²) < 4.78 is 1.75. The number of carbonyl (C=O) groups excluding carboxylic acids is 1. The van der Waals surface area contributed by atoms with E-state index in [1.807, 2.05) is 18.3 Å². The Kier molecular flexibility index (Phi) is 4.00. The molecular weight excluding hydrogens is 230 g/mol. The Balaban J connectivity index is 1.82. The molecule has 0 saturated heterocycles. The predicted octanol–water partition coefficient (Wildman–Crippen LogP) is 0.961. The Labute approximate surface area is 106 Å². The third-order valence-electron chi connectivity index (χ3n) is 3.07. The van der Waals surface area contributed by atoms with Gasteiger partial charge in [0.2, 0.25) is 5.91 Å². The summed E-state index contributed by atoms with van der Waals surface area (Å²) in [5, 5.41) is 20.9. The van der Waals surface area contributed by atoms with Crippen LogP contribution in [0.3, 0.4) is 0 Å². The van der Waals surface area contributed by atoms with Crippen LogP contribution in [-0.2, 0) is 11.3 Å². The van der Waals surface area contributed by atoms with Crippen LogP contribution in [0.15, 0.2) is 18.5 Å². The van der Waals surface area contributed by atoms with E-state index in [9.17, 15) is 9.90 Å². The Morgan fingerprint density at radius 1 is 1.67 bits per heavy atom. The van der Waals surface area contributed by atoms with Gasteiger partial charge in [0.05, 0.1) is 18.6 Å². The number of hydrogen-bond donors (Lipinski definition) is 2. The van der Waals surface area contributed by atoms with E-state index in [1.165, 1.54) is 0 Å². The highest BCUT2D eigenvalue weighted by Crippen LogP contribution is 2.40. The lowest BCUT2D eigenvalue weighted by Crippen LogP contribution is -2.27. The lowest BCUT2D eigenvalue weighted by Gasteiger charge is -2.06. The van der Waals surface area contributed by atoms with Crippen molar-refractivity contribution in [3.8, 4) is 6.07 Å². The van der Waals surface area contributed by atoms with Crippen LogP contribution in [0.5, 0.6) is 0 Å². The second kappa shape index (κ2) is 5.69. The van der Waals surface area contributed by atoms with Gasteiger partial charge in [0.15, 0.2) is 0 Å². The number of nitrogens with one attached hydrogen (secondary N) is 1. The van der Waals surface area contributed by atoms with Crippen molar-refractivity contribution in [2.75, 3.05) is 6.54 Å². The number of aliphatic hydroxyl groups is 1. The molecule has 2 rings (SSSR count). The van der Waals surface area contributed by atoms with Gasteiger partial charge in [-0.25, -0.2) is 0 Å². The van der Waals surface area contributed by atoms with Crippen molar-refractivity contribution < 1.29 is 9.90 Å². The molecule has 0 radical (unpaired) electrons. The van der Waals surface area contributed by atoms with Gasteiger partial charge < -0.3 is 15.0 Å². The maximum absolute atomic E-state index is 11.5. The Morgan fingerprint density at radius 2 is 2.44 bits per heavy atom. The van der Waals surface area contributed by atoms with Crippen molar-refractivity contribution in [3.63, 3.8) is 0 Å². The normalized spacial score (nSPS) is 16.0. The summed E-state index contributed by atoms with van der Waals surface area (Å²) in [6.45, 7) is 0.608. The number of rotatable bonds is 6. The zero-order chi connectivity index (χ0) is 13.0. The number of nitriles is 1. The third-order valence-corrected chi connectivity index (χ3v) is 3.07. The maximum Gasteiger partial charge on any atom is 0.239 e. The van der Waals surface area contributed by atoms with Crippen LogP contribution >= 0.6 is 0 Å². The minimum Gasteiger partial charge on any atom is -0.388 e. The fraction of sp³-hybridized carbons (Fsp3) is 0.538. The molecule has 1 amide bonds. The molecule has 18 heavy (non-hydrogen) atoms. The number of aliphatic hydroxyl groups excluding tert-OH is 1. The van der Waals surface area contributed by atoms with Gasteiger partial charge in [-0.2, -0.15) is 5.26 Å². The Morgan fingerprint density at radius 3 is 3.11 bits per heavy atom. The highest BCUT2D eigenvalue weighted by molar-refractivity contribution is 5.75. The molecule has 0 spiro atoms. The summed E-state index contributed by atoms with van der Waals surface area (Å²) in [6.07, 6.45) is 5.70. The summed E-state index contributed by atoms with van der Waals surface area (Å²) in [6, 6.07) is 3.82. The molecule has 1 aliphatic rings. The zero-order valence-electron chi connectivity index (χ0n) is 10.2. The molecule has 1 aromatic rings.